The van der Waals surface area contributed by atoms with Crippen LogP contribution >= 0.6 is 0 Å². The smallest absolute Gasteiger partial charge is 0.367 e. The van der Waals surface area contributed by atoms with Gasteiger partial charge >= 0.3 is 5.97 Å². The molecular formula is C6H10O7. The van der Waals surface area contributed by atoms with Gasteiger partial charge in [-0.15, -0.1) is 0 Å². The van der Waals surface area contributed by atoms with E-state index in [2.05, 4.69) is 4.74 Å². The molecule has 0 saturated carbocycles. The van der Waals surface area contributed by atoms with E-state index >= 15 is 0 Å². The molecule has 1 aliphatic heterocycles. The Morgan fingerprint density at radius 3 is 2.38 bits per heavy atom. The van der Waals surface area contributed by atoms with Crippen molar-refractivity contribution in [2.45, 2.75) is 24.1 Å². The summed E-state index contributed by atoms with van der Waals surface area (Å²) in [7, 11) is 0. The largest absolute Gasteiger partial charge is 0.477 e. The molecule has 1 saturated heterocycles. The Morgan fingerprint density at radius 2 is 1.92 bits per heavy atom. The lowest BCUT2D eigenvalue weighted by Gasteiger charge is -2.38. The van der Waals surface area contributed by atoms with Crippen LogP contribution in [0.1, 0.15) is 0 Å². The summed E-state index contributed by atoms with van der Waals surface area (Å²) in [6.45, 7) is -0.555. The van der Waals surface area contributed by atoms with Crippen molar-refractivity contribution in [1.82, 2.24) is 0 Å². The molecule has 0 aliphatic carbocycles. The molecule has 0 aromatic heterocycles. The van der Waals surface area contributed by atoms with Crippen LogP contribution in [-0.4, -0.2) is 62.2 Å². The number of hydrogen-bond donors (Lipinski definition) is 5. The highest BCUT2D eigenvalue weighted by atomic mass is 16.7. The molecule has 76 valence electrons. The summed E-state index contributed by atoms with van der Waals surface area (Å²) in [5.41, 5.74) is 0. The van der Waals surface area contributed by atoms with E-state index in [4.69, 9.17) is 25.5 Å². The summed E-state index contributed by atoms with van der Waals surface area (Å²) in [6, 6.07) is 0. The zero-order chi connectivity index (χ0) is 10.2. The molecule has 0 bridgehead atoms. The van der Waals surface area contributed by atoms with Crippen molar-refractivity contribution in [3.8, 4) is 0 Å². The third-order valence-electron chi connectivity index (χ3n) is 1.90. The molecule has 4 atom stereocenters. The van der Waals surface area contributed by atoms with E-state index in [-0.39, 0.29) is 0 Å². The number of carbonyl (C=O) groups is 1. The molecule has 7 heteroatoms. The van der Waals surface area contributed by atoms with E-state index in [1.807, 2.05) is 0 Å². The van der Waals surface area contributed by atoms with Crippen LogP contribution in [0.25, 0.3) is 0 Å². The Labute approximate surface area is 72.8 Å². The van der Waals surface area contributed by atoms with Gasteiger partial charge in [0.2, 0.25) is 0 Å². The molecule has 0 spiro atoms. The van der Waals surface area contributed by atoms with Gasteiger partial charge in [0, 0.05) is 0 Å². The van der Waals surface area contributed by atoms with Crippen molar-refractivity contribution in [3.05, 3.63) is 0 Å². The third-order valence-corrected chi connectivity index (χ3v) is 1.90. The first-order chi connectivity index (χ1) is 5.89. The van der Waals surface area contributed by atoms with Crippen molar-refractivity contribution in [3.63, 3.8) is 0 Å². The molecule has 0 amide bonds. The van der Waals surface area contributed by atoms with Gasteiger partial charge in [-0.1, -0.05) is 0 Å². The minimum Gasteiger partial charge on any atom is -0.477 e. The molecule has 5 N–H and O–H groups in total. The van der Waals surface area contributed by atoms with E-state index < -0.39 is 36.7 Å². The van der Waals surface area contributed by atoms with Gasteiger partial charge < -0.3 is 30.3 Å². The van der Waals surface area contributed by atoms with E-state index in [1.54, 1.807) is 0 Å². The molecule has 1 heterocycles. The van der Waals surface area contributed by atoms with Crippen molar-refractivity contribution in [2.75, 3.05) is 6.61 Å². The standard InChI is InChI=1S/C6H10O7/c7-2-1-13-6(12,5(10)11)4(9)3(2)8/h2-4,7-9,12H,1H2,(H,10,11)/t2-,3-,4+,6+/m1/s1. The lowest BCUT2D eigenvalue weighted by molar-refractivity contribution is -0.311. The highest BCUT2D eigenvalue weighted by molar-refractivity contribution is 5.76. The van der Waals surface area contributed by atoms with Gasteiger partial charge in [-0.05, 0) is 0 Å². The molecule has 0 aromatic carbocycles. The van der Waals surface area contributed by atoms with Crippen LogP contribution in [0.5, 0.6) is 0 Å². The molecule has 0 radical (unpaired) electrons. The lowest BCUT2D eigenvalue weighted by Crippen LogP contribution is -2.64. The maximum absolute atomic E-state index is 10.4. The van der Waals surface area contributed by atoms with Gasteiger partial charge in [-0.3, -0.25) is 0 Å². The molecule has 13 heavy (non-hydrogen) atoms. The topological polar surface area (TPSA) is 127 Å². The summed E-state index contributed by atoms with van der Waals surface area (Å²) in [6.07, 6.45) is -5.22. The van der Waals surface area contributed by atoms with Gasteiger partial charge in [0.25, 0.3) is 5.79 Å². The minimum atomic E-state index is -2.85. The highest BCUT2D eigenvalue weighted by Crippen LogP contribution is 2.23. The number of carboxylic acids is 1. The summed E-state index contributed by atoms with van der Waals surface area (Å²) in [4.78, 5) is 10.4. The molecule has 0 aromatic rings. The molecule has 1 fully saturated rings. The zero-order valence-corrected chi connectivity index (χ0v) is 6.49. The van der Waals surface area contributed by atoms with E-state index in [0.29, 0.717) is 0 Å². The predicted molar refractivity (Wildman–Crippen MR) is 36.6 cm³/mol. The van der Waals surface area contributed by atoms with Crippen LogP contribution in [0.2, 0.25) is 0 Å². The van der Waals surface area contributed by atoms with Crippen molar-refractivity contribution < 1.29 is 35.1 Å². The van der Waals surface area contributed by atoms with Gasteiger partial charge in [0.05, 0.1) is 6.61 Å². The molecular weight excluding hydrogens is 184 g/mol. The van der Waals surface area contributed by atoms with Crippen LogP contribution in [0, 0.1) is 0 Å². The Morgan fingerprint density at radius 1 is 1.38 bits per heavy atom. The monoisotopic (exact) mass is 194 g/mol. The van der Waals surface area contributed by atoms with Gasteiger partial charge in [0.15, 0.2) is 0 Å². The second-order valence-corrected chi connectivity index (χ2v) is 2.82. The maximum atomic E-state index is 10.4. The lowest BCUT2D eigenvalue weighted by atomic mass is 9.97. The fourth-order valence-electron chi connectivity index (χ4n) is 1.03. The molecule has 0 unspecified atom stereocenters. The molecule has 1 aliphatic rings. The fraction of sp³-hybridized carbons (Fsp3) is 0.833. The van der Waals surface area contributed by atoms with Gasteiger partial charge in [0.1, 0.15) is 18.3 Å². The number of aliphatic hydroxyl groups is 4. The Balaban J connectivity index is 2.85. The third kappa shape index (κ3) is 1.52. The Hall–Kier alpha value is -0.730. The van der Waals surface area contributed by atoms with Crippen LogP contribution in [0.15, 0.2) is 0 Å². The van der Waals surface area contributed by atoms with Crippen molar-refractivity contribution in [2.24, 2.45) is 0 Å². The highest BCUT2D eigenvalue weighted by Gasteiger charge is 2.54. The molecule has 7 nitrogen and oxygen atoms in total. The second-order valence-electron chi connectivity index (χ2n) is 2.82. The van der Waals surface area contributed by atoms with Gasteiger partial charge in [-0.25, -0.2) is 4.79 Å². The van der Waals surface area contributed by atoms with E-state index in [1.165, 1.54) is 0 Å². The van der Waals surface area contributed by atoms with Crippen LogP contribution < -0.4 is 0 Å². The zero-order valence-electron chi connectivity index (χ0n) is 6.49. The first kappa shape index (κ1) is 10.4. The van der Waals surface area contributed by atoms with Crippen molar-refractivity contribution in [1.29, 1.82) is 0 Å². The van der Waals surface area contributed by atoms with E-state index in [0.717, 1.165) is 0 Å². The number of carboxylic acid groups (broad SMARTS) is 1. The number of aliphatic carboxylic acids is 1. The average Bonchev–Trinajstić information content (AvgIpc) is 2.08. The fourth-order valence-corrected chi connectivity index (χ4v) is 1.03. The van der Waals surface area contributed by atoms with Crippen LogP contribution in [0.3, 0.4) is 0 Å². The summed E-state index contributed by atoms with van der Waals surface area (Å²) >= 11 is 0. The second kappa shape index (κ2) is 3.20. The van der Waals surface area contributed by atoms with Gasteiger partial charge in [-0.2, -0.15) is 0 Å². The Bertz CT molecular complexity index is 217. The normalized spacial score (nSPS) is 46.0. The number of rotatable bonds is 1. The maximum Gasteiger partial charge on any atom is 0.367 e. The Kier molecular flexibility index (Phi) is 2.55. The number of ether oxygens (including phenoxy) is 1. The summed E-state index contributed by atoms with van der Waals surface area (Å²) < 4.78 is 4.32. The summed E-state index contributed by atoms with van der Waals surface area (Å²) in [5.74, 6) is -4.66. The minimum absolute atomic E-state index is 0.555. The number of hydrogen-bond acceptors (Lipinski definition) is 6. The van der Waals surface area contributed by atoms with Crippen LogP contribution in [0.4, 0.5) is 0 Å². The summed E-state index contributed by atoms with van der Waals surface area (Å²) in [5, 5.41) is 44.6. The van der Waals surface area contributed by atoms with Crippen molar-refractivity contribution >= 4 is 5.97 Å². The first-order valence-corrected chi connectivity index (χ1v) is 3.53. The van der Waals surface area contributed by atoms with E-state index in [9.17, 15) is 4.79 Å². The predicted octanol–water partition coefficient (Wildman–Crippen LogP) is -3.13. The SMILES string of the molecule is O=C(O)[C@@]1(O)OC[C@@H](O)[C@@H](O)[C@@H]1O. The first-order valence-electron chi connectivity index (χ1n) is 3.53. The van der Waals surface area contributed by atoms with Crippen LogP contribution in [-0.2, 0) is 9.53 Å². The average molecular weight is 194 g/mol. The molecule has 1 rings (SSSR count). The quantitative estimate of drug-likeness (QED) is 0.298. The number of aliphatic hydroxyl groups excluding tert-OH is 3.